The number of fused-ring (bicyclic) bond motifs is 2. The van der Waals surface area contributed by atoms with Gasteiger partial charge >= 0.3 is 150 Å². The van der Waals surface area contributed by atoms with Crippen molar-refractivity contribution in [3.8, 4) is 0 Å². The number of carbonyl (C=O) groups excluding carboxylic acids is 2. The molecule has 0 saturated heterocycles. The molecule has 24 heavy (non-hydrogen) atoms. The fourth-order valence-electron chi connectivity index (χ4n) is 4.54. The molecule has 2 fully saturated rings. The van der Waals surface area contributed by atoms with Gasteiger partial charge in [0.15, 0.2) is 0 Å². The van der Waals surface area contributed by atoms with Crippen LogP contribution >= 0.6 is 0 Å². The summed E-state index contributed by atoms with van der Waals surface area (Å²) in [7, 11) is 0. The van der Waals surface area contributed by atoms with Crippen molar-refractivity contribution in [1.29, 1.82) is 0 Å². The summed E-state index contributed by atoms with van der Waals surface area (Å²) in [6, 6.07) is 9.34. The van der Waals surface area contributed by atoms with Crippen LogP contribution in [0.4, 0.5) is 0 Å². The maximum atomic E-state index is 13.0. The molecule has 0 heterocycles. The Balaban J connectivity index is 1.86. The molecule has 0 spiro atoms. The van der Waals surface area contributed by atoms with E-state index in [1.54, 1.807) is 6.92 Å². The van der Waals surface area contributed by atoms with Crippen molar-refractivity contribution in [1.82, 2.24) is 0 Å². The fourth-order valence-corrected chi connectivity index (χ4v) is 8.44. The second-order valence-electron chi connectivity index (χ2n) is 8.01. The van der Waals surface area contributed by atoms with E-state index in [1.165, 1.54) is 0 Å². The van der Waals surface area contributed by atoms with Crippen LogP contribution in [0.1, 0.15) is 52.2 Å². The molecule has 2 bridgehead atoms. The SMILES string of the molecule is CC(=O)[C@@H]([Se][C@@H]1C(=O)[C@]2(C)CC[C@H]1C2(C)C)[C@@H](O)c1ccccc1. The molecular formula is C20H26O3Se. The average Bonchev–Trinajstić information content (AvgIpc) is 2.85. The number of hydrogen-bond donors (Lipinski definition) is 1. The van der Waals surface area contributed by atoms with Crippen molar-refractivity contribution in [2.45, 2.75) is 56.3 Å². The van der Waals surface area contributed by atoms with Crippen LogP contribution in [-0.4, -0.2) is 31.6 Å². The Morgan fingerprint density at radius 1 is 1.25 bits per heavy atom. The van der Waals surface area contributed by atoms with Crippen LogP contribution < -0.4 is 0 Å². The van der Waals surface area contributed by atoms with Gasteiger partial charge in [-0.05, 0) is 0 Å². The standard InChI is InChI=1S/C20H26O3Se/c1-12(21)16(15(22)13-8-6-5-7-9-13)24-17-14-10-11-20(4,18(17)23)19(14,2)3/h5-9,14-17,22H,10-11H2,1-4H3/t14-,15+,16-,17+,20+/m1/s1. The van der Waals surface area contributed by atoms with E-state index >= 15 is 0 Å². The summed E-state index contributed by atoms with van der Waals surface area (Å²) in [4.78, 5) is 24.8. The molecule has 2 saturated carbocycles. The maximum absolute atomic E-state index is 13.0. The Morgan fingerprint density at radius 2 is 1.88 bits per heavy atom. The Kier molecular flexibility index (Phi) is 4.53. The molecule has 2 aliphatic rings. The second-order valence-corrected chi connectivity index (χ2v) is 10.7. The van der Waals surface area contributed by atoms with Gasteiger partial charge in [0.2, 0.25) is 0 Å². The third-order valence-corrected chi connectivity index (χ3v) is 10.2. The Morgan fingerprint density at radius 3 is 2.38 bits per heavy atom. The van der Waals surface area contributed by atoms with Gasteiger partial charge in [0.1, 0.15) is 0 Å². The molecule has 5 atom stereocenters. The summed E-state index contributed by atoms with van der Waals surface area (Å²) in [5, 5.41) is 10.7. The van der Waals surface area contributed by atoms with Crippen LogP contribution in [0.5, 0.6) is 0 Å². The number of benzene rings is 1. The van der Waals surface area contributed by atoms with Crippen LogP contribution in [0.2, 0.25) is 9.63 Å². The van der Waals surface area contributed by atoms with E-state index in [-0.39, 0.29) is 36.4 Å². The van der Waals surface area contributed by atoms with Gasteiger partial charge in [0.05, 0.1) is 0 Å². The molecule has 0 aromatic heterocycles. The van der Waals surface area contributed by atoms with Gasteiger partial charge in [-0.1, -0.05) is 0 Å². The third kappa shape index (κ3) is 2.51. The van der Waals surface area contributed by atoms with Gasteiger partial charge in [-0.3, -0.25) is 0 Å². The van der Waals surface area contributed by atoms with Crippen LogP contribution in [-0.2, 0) is 9.59 Å². The molecule has 3 nitrogen and oxygen atoms in total. The zero-order valence-corrected chi connectivity index (χ0v) is 16.5. The van der Waals surface area contributed by atoms with Gasteiger partial charge in [0, 0.05) is 0 Å². The fraction of sp³-hybridized carbons (Fsp3) is 0.600. The number of ketones is 2. The van der Waals surface area contributed by atoms with E-state index in [2.05, 4.69) is 20.8 Å². The van der Waals surface area contributed by atoms with E-state index in [0.29, 0.717) is 11.7 Å². The molecule has 3 rings (SSSR count). The number of aliphatic hydroxyl groups is 1. The first-order valence-electron chi connectivity index (χ1n) is 8.63. The van der Waals surface area contributed by atoms with Crippen LogP contribution in [0.3, 0.4) is 0 Å². The predicted octanol–water partition coefficient (Wildman–Crippen LogP) is 3.62. The quantitative estimate of drug-likeness (QED) is 0.778. The zero-order valence-electron chi connectivity index (χ0n) is 14.8. The third-order valence-electron chi connectivity index (χ3n) is 6.59. The molecule has 1 N–H and O–H groups in total. The molecule has 1 aromatic rings. The molecular weight excluding hydrogens is 367 g/mol. The van der Waals surface area contributed by atoms with E-state index in [9.17, 15) is 14.7 Å². The summed E-state index contributed by atoms with van der Waals surface area (Å²) >= 11 is -0.224. The predicted molar refractivity (Wildman–Crippen MR) is 95.0 cm³/mol. The number of rotatable bonds is 5. The molecule has 0 amide bonds. The number of aliphatic hydroxyl groups excluding tert-OH is 1. The number of Topliss-reactive ketones (excluding diaryl/α,β-unsaturated/α-hetero) is 2. The average molecular weight is 393 g/mol. The first-order valence-corrected chi connectivity index (χ1v) is 10.6. The first-order chi connectivity index (χ1) is 11.2. The molecule has 0 aliphatic heterocycles. The second kappa shape index (κ2) is 6.09. The van der Waals surface area contributed by atoms with Crippen LogP contribution in [0.15, 0.2) is 30.3 Å². The van der Waals surface area contributed by atoms with Gasteiger partial charge in [0.25, 0.3) is 0 Å². The molecule has 2 aliphatic carbocycles. The van der Waals surface area contributed by atoms with Gasteiger partial charge in [-0.2, -0.15) is 0 Å². The minimum absolute atomic E-state index is 0.00443. The molecule has 4 heteroatoms. The Hall–Kier alpha value is -0.961. The van der Waals surface area contributed by atoms with Crippen molar-refractivity contribution < 1.29 is 14.7 Å². The first kappa shape index (κ1) is 17.8. The van der Waals surface area contributed by atoms with E-state index in [4.69, 9.17) is 0 Å². The van der Waals surface area contributed by atoms with Crippen molar-refractivity contribution in [3.63, 3.8) is 0 Å². The molecule has 130 valence electrons. The van der Waals surface area contributed by atoms with Crippen LogP contribution in [0, 0.1) is 16.7 Å². The van der Waals surface area contributed by atoms with Gasteiger partial charge in [-0.15, -0.1) is 0 Å². The summed E-state index contributed by atoms with van der Waals surface area (Å²) in [6.07, 6.45) is 1.21. The molecule has 0 unspecified atom stereocenters. The van der Waals surface area contributed by atoms with Crippen LogP contribution in [0.25, 0.3) is 0 Å². The van der Waals surface area contributed by atoms with Crippen molar-refractivity contribution >= 4 is 26.5 Å². The normalized spacial score (nSPS) is 33.5. The van der Waals surface area contributed by atoms with E-state index in [1.807, 2.05) is 30.3 Å². The Bertz CT molecular complexity index is 654. The summed E-state index contributed by atoms with van der Waals surface area (Å²) < 4.78 is 0. The summed E-state index contributed by atoms with van der Waals surface area (Å²) in [5.41, 5.74) is 0.499. The molecule has 1 aromatic carbocycles. The number of carbonyl (C=O) groups is 2. The van der Waals surface area contributed by atoms with E-state index in [0.717, 1.165) is 18.4 Å². The van der Waals surface area contributed by atoms with Crippen molar-refractivity contribution in [2.75, 3.05) is 0 Å². The minimum atomic E-state index is -0.813. The molecule has 0 radical (unpaired) electrons. The van der Waals surface area contributed by atoms with Crippen molar-refractivity contribution in [3.05, 3.63) is 35.9 Å². The monoisotopic (exact) mass is 394 g/mol. The van der Waals surface area contributed by atoms with E-state index < -0.39 is 10.9 Å². The Labute approximate surface area is 150 Å². The summed E-state index contributed by atoms with van der Waals surface area (Å²) in [5.74, 6) is 0.667. The summed E-state index contributed by atoms with van der Waals surface area (Å²) in [6.45, 7) is 8.05. The zero-order chi connectivity index (χ0) is 17.7. The van der Waals surface area contributed by atoms with Gasteiger partial charge < -0.3 is 0 Å². The van der Waals surface area contributed by atoms with Crippen molar-refractivity contribution in [2.24, 2.45) is 16.7 Å². The number of hydrogen-bond acceptors (Lipinski definition) is 3. The van der Waals surface area contributed by atoms with Gasteiger partial charge in [-0.25, -0.2) is 0 Å². The topological polar surface area (TPSA) is 54.4 Å².